The summed E-state index contributed by atoms with van der Waals surface area (Å²) in [6, 6.07) is 4.09. The molecular formula is C13H15N3O5S. The second kappa shape index (κ2) is 5.76. The highest BCUT2D eigenvalue weighted by atomic mass is 32.2. The molecule has 0 aliphatic heterocycles. The Morgan fingerprint density at radius 2 is 2.05 bits per heavy atom. The minimum Gasteiger partial charge on any atom is -0.444 e. The van der Waals surface area contributed by atoms with E-state index in [2.05, 4.69) is 10.3 Å². The average Bonchev–Trinajstić information content (AvgIpc) is 2.74. The average molecular weight is 325 g/mol. The molecule has 0 amide bonds. The lowest BCUT2D eigenvalue weighted by Gasteiger charge is -2.08. The van der Waals surface area contributed by atoms with Crippen LogP contribution in [0.3, 0.4) is 0 Å². The Bertz CT molecular complexity index is 807. The standard InChI is InChI=1S/C13H15N3O5S/c1-8-9(2)21-12(15-8)7-14-10-5-4-6-11(22(3,19)20)13(10)16(17)18/h4-6,14H,7H2,1-3H3. The first-order chi connectivity index (χ1) is 10.2. The third-order valence-electron chi connectivity index (χ3n) is 3.08. The van der Waals surface area contributed by atoms with Crippen LogP contribution < -0.4 is 5.32 Å². The first kappa shape index (κ1) is 16.0. The molecule has 1 aromatic carbocycles. The largest absolute Gasteiger partial charge is 0.444 e. The second-order valence-electron chi connectivity index (χ2n) is 4.78. The van der Waals surface area contributed by atoms with Crippen molar-refractivity contribution >= 4 is 21.2 Å². The van der Waals surface area contributed by atoms with Gasteiger partial charge in [-0.15, -0.1) is 0 Å². The zero-order chi connectivity index (χ0) is 16.5. The normalized spacial score (nSPS) is 11.4. The van der Waals surface area contributed by atoms with E-state index < -0.39 is 20.4 Å². The Morgan fingerprint density at radius 3 is 2.55 bits per heavy atom. The van der Waals surface area contributed by atoms with Crippen LogP contribution in [0.4, 0.5) is 11.4 Å². The summed E-state index contributed by atoms with van der Waals surface area (Å²) in [6.45, 7) is 3.66. The van der Waals surface area contributed by atoms with E-state index in [1.54, 1.807) is 13.8 Å². The molecule has 2 rings (SSSR count). The smallest absolute Gasteiger partial charge is 0.310 e. The molecule has 0 saturated carbocycles. The van der Waals surface area contributed by atoms with Crippen LogP contribution in [0.25, 0.3) is 0 Å². The minimum atomic E-state index is -3.71. The van der Waals surface area contributed by atoms with Crippen LogP contribution in [0.15, 0.2) is 27.5 Å². The molecule has 0 atom stereocenters. The molecule has 9 heteroatoms. The van der Waals surface area contributed by atoms with Crippen LogP contribution in [0.1, 0.15) is 17.3 Å². The van der Waals surface area contributed by atoms with Gasteiger partial charge >= 0.3 is 5.69 Å². The number of aryl methyl sites for hydroxylation is 2. The molecule has 0 unspecified atom stereocenters. The van der Waals surface area contributed by atoms with Gasteiger partial charge in [0.15, 0.2) is 9.84 Å². The molecule has 8 nitrogen and oxygen atoms in total. The van der Waals surface area contributed by atoms with Crippen LogP contribution in [-0.2, 0) is 16.4 Å². The van der Waals surface area contributed by atoms with Crippen molar-refractivity contribution in [3.05, 3.63) is 45.7 Å². The van der Waals surface area contributed by atoms with Crippen molar-refractivity contribution < 1.29 is 17.8 Å². The summed E-state index contributed by atoms with van der Waals surface area (Å²) in [7, 11) is -3.71. The van der Waals surface area contributed by atoms with Gasteiger partial charge in [0, 0.05) is 6.26 Å². The predicted molar refractivity (Wildman–Crippen MR) is 79.5 cm³/mol. The number of hydrogen-bond donors (Lipinski definition) is 1. The number of aromatic nitrogens is 1. The number of benzene rings is 1. The predicted octanol–water partition coefficient (Wildman–Crippen LogP) is 2.22. The summed E-state index contributed by atoms with van der Waals surface area (Å²) < 4.78 is 28.7. The zero-order valence-corrected chi connectivity index (χ0v) is 13.1. The van der Waals surface area contributed by atoms with Gasteiger partial charge in [-0.3, -0.25) is 10.1 Å². The number of nitrogens with one attached hydrogen (secondary N) is 1. The third-order valence-corrected chi connectivity index (χ3v) is 4.21. The summed E-state index contributed by atoms with van der Waals surface area (Å²) in [4.78, 5) is 14.3. The number of nitrogens with zero attached hydrogens (tertiary/aromatic N) is 2. The van der Waals surface area contributed by atoms with E-state index in [-0.39, 0.29) is 17.1 Å². The van der Waals surface area contributed by atoms with Gasteiger partial charge in [0.05, 0.1) is 17.2 Å². The number of oxazole rings is 1. The molecule has 0 spiro atoms. The number of anilines is 1. The van der Waals surface area contributed by atoms with Crippen molar-refractivity contribution in [1.82, 2.24) is 4.98 Å². The van der Waals surface area contributed by atoms with E-state index >= 15 is 0 Å². The van der Waals surface area contributed by atoms with Gasteiger partial charge in [-0.05, 0) is 26.0 Å². The van der Waals surface area contributed by atoms with Gasteiger partial charge in [0.1, 0.15) is 16.3 Å². The van der Waals surface area contributed by atoms with Crippen molar-refractivity contribution in [1.29, 1.82) is 0 Å². The molecule has 118 valence electrons. The van der Waals surface area contributed by atoms with Gasteiger partial charge in [-0.1, -0.05) is 6.07 Å². The fourth-order valence-corrected chi connectivity index (χ4v) is 2.80. The van der Waals surface area contributed by atoms with Crippen molar-refractivity contribution in [3.63, 3.8) is 0 Å². The Kier molecular flexibility index (Phi) is 4.18. The maximum atomic E-state index is 11.7. The Hall–Kier alpha value is -2.42. The SMILES string of the molecule is Cc1nc(CNc2cccc(S(C)(=O)=O)c2[N+](=O)[O-])oc1C. The molecule has 0 radical (unpaired) electrons. The summed E-state index contributed by atoms with van der Waals surface area (Å²) in [6.07, 6.45) is 0.930. The van der Waals surface area contributed by atoms with Crippen molar-refractivity contribution in [2.45, 2.75) is 25.3 Å². The third kappa shape index (κ3) is 3.25. The van der Waals surface area contributed by atoms with Gasteiger partial charge in [0.25, 0.3) is 0 Å². The van der Waals surface area contributed by atoms with Crippen LogP contribution in [0.2, 0.25) is 0 Å². The lowest BCUT2D eigenvalue weighted by Crippen LogP contribution is -2.08. The second-order valence-corrected chi connectivity index (χ2v) is 6.77. The zero-order valence-electron chi connectivity index (χ0n) is 12.3. The molecule has 2 aromatic rings. The molecular weight excluding hydrogens is 310 g/mol. The van der Waals surface area contributed by atoms with Gasteiger partial charge in [-0.2, -0.15) is 0 Å². The molecule has 0 saturated heterocycles. The van der Waals surface area contributed by atoms with E-state index in [0.29, 0.717) is 11.7 Å². The first-order valence-electron chi connectivity index (χ1n) is 6.34. The molecule has 1 heterocycles. The van der Waals surface area contributed by atoms with E-state index in [0.717, 1.165) is 11.9 Å². The maximum absolute atomic E-state index is 11.7. The number of hydrogen-bond acceptors (Lipinski definition) is 7. The van der Waals surface area contributed by atoms with Gasteiger partial charge in [-0.25, -0.2) is 13.4 Å². The van der Waals surface area contributed by atoms with Crippen LogP contribution in [0, 0.1) is 24.0 Å². The fraction of sp³-hybridized carbons (Fsp3) is 0.308. The number of para-hydroxylation sites is 1. The minimum absolute atomic E-state index is 0.0985. The monoisotopic (exact) mass is 325 g/mol. The highest BCUT2D eigenvalue weighted by Crippen LogP contribution is 2.32. The molecule has 1 aromatic heterocycles. The lowest BCUT2D eigenvalue weighted by atomic mass is 10.2. The van der Waals surface area contributed by atoms with E-state index in [1.807, 2.05) is 0 Å². The fourth-order valence-electron chi connectivity index (χ4n) is 1.94. The van der Waals surface area contributed by atoms with E-state index in [4.69, 9.17) is 4.42 Å². The highest BCUT2D eigenvalue weighted by Gasteiger charge is 2.26. The number of nitro benzene ring substituents is 1. The molecule has 0 bridgehead atoms. The number of nitro groups is 1. The Balaban J connectivity index is 2.37. The Labute approximate surface area is 127 Å². The highest BCUT2D eigenvalue weighted by molar-refractivity contribution is 7.90. The number of rotatable bonds is 5. The molecule has 0 fully saturated rings. The molecule has 22 heavy (non-hydrogen) atoms. The van der Waals surface area contributed by atoms with Crippen molar-refractivity contribution in [2.24, 2.45) is 0 Å². The van der Waals surface area contributed by atoms with Crippen molar-refractivity contribution in [3.8, 4) is 0 Å². The summed E-state index contributed by atoms with van der Waals surface area (Å²) in [5.74, 6) is 1.03. The summed E-state index contributed by atoms with van der Waals surface area (Å²) in [5.41, 5.74) is 0.350. The van der Waals surface area contributed by atoms with Crippen LogP contribution >= 0.6 is 0 Å². The molecule has 0 aliphatic carbocycles. The summed E-state index contributed by atoms with van der Waals surface area (Å²) >= 11 is 0. The van der Waals surface area contributed by atoms with Crippen LogP contribution in [-0.4, -0.2) is 24.6 Å². The quantitative estimate of drug-likeness (QED) is 0.662. The van der Waals surface area contributed by atoms with E-state index in [1.165, 1.54) is 18.2 Å². The van der Waals surface area contributed by atoms with Crippen molar-refractivity contribution in [2.75, 3.05) is 11.6 Å². The van der Waals surface area contributed by atoms with E-state index in [9.17, 15) is 18.5 Å². The van der Waals surface area contributed by atoms with Gasteiger partial charge < -0.3 is 9.73 Å². The lowest BCUT2D eigenvalue weighted by molar-refractivity contribution is -0.386. The van der Waals surface area contributed by atoms with Crippen LogP contribution in [0.5, 0.6) is 0 Å². The maximum Gasteiger partial charge on any atom is 0.310 e. The first-order valence-corrected chi connectivity index (χ1v) is 8.23. The van der Waals surface area contributed by atoms with Gasteiger partial charge in [0.2, 0.25) is 5.89 Å². The Morgan fingerprint density at radius 1 is 1.36 bits per heavy atom. The molecule has 0 aliphatic rings. The summed E-state index contributed by atoms with van der Waals surface area (Å²) in [5, 5.41) is 14.0. The topological polar surface area (TPSA) is 115 Å². The number of sulfone groups is 1. The molecule has 1 N–H and O–H groups in total.